The van der Waals surface area contributed by atoms with Gasteiger partial charge in [0.05, 0.1) is 26.2 Å². The predicted octanol–water partition coefficient (Wildman–Crippen LogP) is 1.21. The van der Waals surface area contributed by atoms with Crippen LogP contribution in [0.2, 0.25) is 0 Å². The number of nitrogens with one attached hydrogen (secondary N) is 1. The van der Waals surface area contributed by atoms with Crippen LogP contribution in [0.5, 0.6) is 0 Å². The molecule has 3 rings (SSSR count). The van der Waals surface area contributed by atoms with Gasteiger partial charge in [-0.1, -0.05) is 30.3 Å². The van der Waals surface area contributed by atoms with Gasteiger partial charge in [-0.25, -0.2) is 4.39 Å². The third kappa shape index (κ3) is 4.75. The molecule has 0 aromatic heterocycles. The molecule has 6 heteroatoms. The van der Waals surface area contributed by atoms with Crippen molar-refractivity contribution in [2.75, 3.05) is 33.2 Å². The van der Waals surface area contributed by atoms with Crippen molar-refractivity contribution in [2.45, 2.75) is 19.5 Å². The van der Waals surface area contributed by atoms with Gasteiger partial charge in [0, 0.05) is 19.2 Å². The molecule has 0 saturated carbocycles. The van der Waals surface area contributed by atoms with E-state index in [1.54, 1.807) is 18.0 Å². The topological polar surface area (TPSA) is 45.1 Å². The van der Waals surface area contributed by atoms with Crippen LogP contribution in [0.1, 0.15) is 22.8 Å². The van der Waals surface area contributed by atoms with Crippen LogP contribution in [0.25, 0.3) is 0 Å². The van der Waals surface area contributed by atoms with Gasteiger partial charge >= 0.3 is 0 Å². The number of amides is 2. The summed E-state index contributed by atoms with van der Waals surface area (Å²) in [6.45, 7) is 5.04. The number of benzene rings is 2. The molecule has 2 amide bonds. The normalized spacial score (nSPS) is 15.9. The van der Waals surface area contributed by atoms with E-state index in [4.69, 9.17) is 0 Å². The number of hydrogen-bond donors (Lipinski definition) is 1. The number of nitrogens with zero attached hydrogens (tertiary/aromatic N) is 2. The molecular weight excluding hydrogens is 357 g/mol. The molecule has 5 nitrogen and oxygen atoms in total. The molecule has 0 aliphatic carbocycles. The lowest BCUT2D eigenvalue weighted by Gasteiger charge is -2.36. The minimum Gasteiger partial charge on any atom is -0.336 e. The summed E-state index contributed by atoms with van der Waals surface area (Å²) in [5, 5.41) is 0. The van der Waals surface area contributed by atoms with E-state index in [1.807, 2.05) is 48.2 Å². The van der Waals surface area contributed by atoms with Crippen molar-refractivity contribution in [3.8, 4) is 0 Å². The van der Waals surface area contributed by atoms with Crippen LogP contribution >= 0.6 is 0 Å². The Balaban J connectivity index is 1.53. The zero-order valence-corrected chi connectivity index (χ0v) is 16.4. The highest BCUT2D eigenvalue weighted by molar-refractivity contribution is 5.94. The summed E-state index contributed by atoms with van der Waals surface area (Å²) in [4.78, 5) is 30.0. The van der Waals surface area contributed by atoms with Crippen LogP contribution in [-0.4, -0.2) is 60.9 Å². The zero-order chi connectivity index (χ0) is 20.1. The van der Waals surface area contributed by atoms with Gasteiger partial charge in [-0.15, -0.1) is 0 Å². The van der Waals surface area contributed by atoms with Gasteiger partial charge in [0.1, 0.15) is 5.82 Å². The van der Waals surface area contributed by atoms with Crippen molar-refractivity contribution in [1.82, 2.24) is 9.80 Å². The van der Waals surface area contributed by atoms with Crippen LogP contribution in [0, 0.1) is 5.82 Å². The molecule has 1 atom stereocenters. The summed E-state index contributed by atoms with van der Waals surface area (Å²) in [7, 11) is 1.75. The third-order valence-electron chi connectivity index (χ3n) is 5.38. The Morgan fingerprint density at radius 2 is 1.79 bits per heavy atom. The van der Waals surface area contributed by atoms with Gasteiger partial charge in [0.2, 0.25) is 0 Å². The Hall–Kier alpha value is -2.73. The van der Waals surface area contributed by atoms with Gasteiger partial charge < -0.3 is 14.7 Å². The SMILES string of the molecule is C[C@@H](C(=O)N(C)Cc1cccc(F)c1)[NH+]1CCN(C(=O)c2ccccc2)CC1. The summed E-state index contributed by atoms with van der Waals surface area (Å²) in [5.74, 6) is -0.222. The molecule has 2 aromatic rings. The summed E-state index contributed by atoms with van der Waals surface area (Å²) < 4.78 is 13.4. The molecular formula is C22H27FN3O2+. The monoisotopic (exact) mass is 384 g/mol. The van der Waals surface area contributed by atoms with E-state index in [2.05, 4.69) is 0 Å². The number of piperazine rings is 1. The van der Waals surface area contributed by atoms with Crippen molar-refractivity contribution in [2.24, 2.45) is 0 Å². The Bertz CT molecular complexity index is 820. The first-order valence-corrected chi connectivity index (χ1v) is 9.64. The van der Waals surface area contributed by atoms with Crippen LogP contribution in [0.3, 0.4) is 0 Å². The first-order chi connectivity index (χ1) is 13.5. The molecule has 148 valence electrons. The molecule has 28 heavy (non-hydrogen) atoms. The van der Waals surface area contributed by atoms with E-state index < -0.39 is 0 Å². The molecule has 2 aromatic carbocycles. The molecule has 0 bridgehead atoms. The summed E-state index contributed by atoms with van der Waals surface area (Å²) in [5.41, 5.74) is 1.47. The fraction of sp³-hybridized carbons (Fsp3) is 0.364. The van der Waals surface area contributed by atoms with E-state index in [0.29, 0.717) is 25.2 Å². The molecule has 1 N–H and O–H groups in total. The van der Waals surface area contributed by atoms with E-state index in [0.717, 1.165) is 18.7 Å². The van der Waals surface area contributed by atoms with Crippen LogP contribution in [0.15, 0.2) is 54.6 Å². The molecule has 1 saturated heterocycles. The highest BCUT2D eigenvalue weighted by Crippen LogP contribution is 2.08. The van der Waals surface area contributed by atoms with Crippen molar-refractivity contribution >= 4 is 11.8 Å². The van der Waals surface area contributed by atoms with Crippen molar-refractivity contribution < 1.29 is 18.9 Å². The van der Waals surface area contributed by atoms with Gasteiger partial charge in [-0.3, -0.25) is 9.59 Å². The Labute approximate surface area is 165 Å². The first kappa shape index (κ1) is 20.0. The van der Waals surface area contributed by atoms with Crippen LogP contribution < -0.4 is 4.90 Å². The minimum atomic E-state index is -0.295. The zero-order valence-electron chi connectivity index (χ0n) is 16.4. The lowest BCUT2D eigenvalue weighted by Crippen LogP contribution is -3.19. The molecule has 1 aliphatic heterocycles. The number of halogens is 1. The van der Waals surface area contributed by atoms with E-state index in [1.165, 1.54) is 17.0 Å². The van der Waals surface area contributed by atoms with Gasteiger partial charge in [-0.2, -0.15) is 0 Å². The Kier molecular flexibility index (Phi) is 6.41. The fourth-order valence-electron chi connectivity index (χ4n) is 3.69. The molecule has 1 aliphatic rings. The second-order valence-corrected chi connectivity index (χ2v) is 7.36. The number of hydrogen-bond acceptors (Lipinski definition) is 2. The van der Waals surface area contributed by atoms with Crippen molar-refractivity contribution in [1.29, 1.82) is 0 Å². The lowest BCUT2D eigenvalue weighted by atomic mass is 10.1. The van der Waals surface area contributed by atoms with E-state index in [9.17, 15) is 14.0 Å². The summed E-state index contributed by atoms with van der Waals surface area (Å²) in [6.07, 6.45) is 0. The second kappa shape index (κ2) is 8.97. The lowest BCUT2D eigenvalue weighted by molar-refractivity contribution is -0.918. The van der Waals surface area contributed by atoms with E-state index >= 15 is 0 Å². The van der Waals surface area contributed by atoms with E-state index in [-0.39, 0.29) is 23.7 Å². The first-order valence-electron chi connectivity index (χ1n) is 9.64. The molecule has 0 unspecified atom stereocenters. The Morgan fingerprint density at radius 3 is 2.43 bits per heavy atom. The van der Waals surface area contributed by atoms with Crippen LogP contribution in [0.4, 0.5) is 4.39 Å². The van der Waals surface area contributed by atoms with Gasteiger partial charge in [-0.05, 0) is 36.8 Å². The minimum absolute atomic E-state index is 0.0297. The Morgan fingerprint density at radius 1 is 1.11 bits per heavy atom. The maximum atomic E-state index is 13.4. The number of quaternary nitrogens is 1. The number of carbonyl (C=O) groups is 2. The summed E-state index contributed by atoms with van der Waals surface area (Å²) in [6, 6.07) is 15.4. The number of carbonyl (C=O) groups excluding carboxylic acids is 2. The quantitative estimate of drug-likeness (QED) is 0.842. The van der Waals surface area contributed by atoms with Gasteiger partial charge in [0.15, 0.2) is 6.04 Å². The molecule has 1 heterocycles. The molecule has 0 spiro atoms. The predicted molar refractivity (Wildman–Crippen MR) is 105 cm³/mol. The second-order valence-electron chi connectivity index (χ2n) is 7.36. The number of likely N-dealkylation sites (N-methyl/N-ethyl adjacent to an activating group) is 1. The fourth-order valence-corrected chi connectivity index (χ4v) is 3.69. The molecule has 1 fully saturated rings. The maximum Gasteiger partial charge on any atom is 0.280 e. The maximum absolute atomic E-state index is 13.4. The van der Waals surface area contributed by atoms with Crippen LogP contribution in [-0.2, 0) is 11.3 Å². The van der Waals surface area contributed by atoms with Crippen molar-refractivity contribution in [3.63, 3.8) is 0 Å². The smallest absolute Gasteiger partial charge is 0.280 e. The highest BCUT2D eigenvalue weighted by atomic mass is 19.1. The standard InChI is InChI=1S/C22H26FN3O2/c1-17(21(27)24(2)16-18-7-6-10-20(23)15-18)25-11-13-26(14-12-25)22(28)19-8-4-3-5-9-19/h3-10,15,17H,11-14,16H2,1-2H3/p+1/t17-/m0/s1. The molecule has 0 radical (unpaired) electrons. The number of rotatable bonds is 5. The largest absolute Gasteiger partial charge is 0.336 e. The average molecular weight is 384 g/mol. The third-order valence-corrected chi connectivity index (χ3v) is 5.38. The van der Waals surface area contributed by atoms with Gasteiger partial charge in [0.25, 0.3) is 11.8 Å². The van der Waals surface area contributed by atoms with Crippen molar-refractivity contribution in [3.05, 3.63) is 71.5 Å². The summed E-state index contributed by atoms with van der Waals surface area (Å²) >= 11 is 0. The average Bonchev–Trinajstić information content (AvgIpc) is 2.73. The highest BCUT2D eigenvalue weighted by Gasteiger charge is 2.32.